The van der Waals surface area contributed by atoms with Gasteiger partial charge in [-0.15, -0.1) is 0 Å². The van der Waals surface area contributed by atoms with Crippen LogP contribution in [0.2, 0.25) is 0 Å². The first-order valence-corrected chi connectivity index (χ1v) is 14.2. The smallest absolute Gasteiger partial charge is 0.159 e. The number of nitrogens with zero attached hydrogens (tertiary/aromatic N) is 2. The molecule has 0 unspecified atom stereocenters. The fraction of sp³-hybridized carbons (Fsp3) is 0.677. The lowest BCUT2D eigenvalue weighted by Gasteiger charge is -2.06. The number of hydrogen-bond donors (Lipinski definition) is 0. The van der Waals surface area contributed by atoms with Crippen molar-refractivity contribution in [1.29, 1.82) is 0 Å². The van der Waals surface area contributed by atoms with Crippen LogP contribution in [0.1, 0.15) is 134 Å². The molecule has 0 saturated heterocycles. The summed E-state index contributed by atoms with van der Waals surface area (Å²) < 4.78 is 0. The van der Waals surface area contributed by atoms with E-state index in [9.17, 15) is 0 Å². The van der Waals surface area contributed by atoms with Crippen LogP contribution in [-0.2, 0) is 12.8 Å². The molecule has 0 aliphatic carbocycles. The minimum absolute atomic E-state index is 0.850. The standard InChI is InChI=1S/C31H50N2/c1-3-5-7-9-11-12-13-14-15-17-18-20-28-22-24-30(25-23-28)31-32-26-29(27-33-31)21-19-16-10-8-6-4-2/h22-27H,3-21H2,1-2H3. The average Bonchev–Trinajstić information content (AvgIpc) is 2.85. The zero-order valence-electron chi connectivity index (χ0n) is 21.8. The summed E-state index contributed by atoms with van der Waals surface area (Å²) in [5.41, 5.74) is 3.83. The Morgan fingerprint density at radius 3 is 1.30 bits per heavy atom. The van der Waals surface area contributed by atoms with E-state index < -0.39 is 0 Å². The molecule has 0 N–H and O–H groups in total. The molecular weight excluding hydrogens is 400 g/mol. The van der Waals surface area contributed by atoms with Crippen LogP contribution in [0.3, 0.4) is 0 Å². The fourth-order valence-corrected chi connectivity index (χ4v) is 4.56. The molecule has 0 radical (unpaired) electrons. The number of aryl methyl sites for hydroxylation is 2. The number of unbranched alkanes of at least 4 members (excludes halogenated alkanes) is 15. The highest BCUT2D eigenvalue weighted by Crippen LogP contribution is 2.18. The molecule has 1 heterocycles. The van der Waals surface area contributed by atoms with Gasteiger partial charge in [0.05, 0.1) is 0 Å². The largest absolute Gasteiger partial charge is 0.236 e. The first-order chi connectivity index (χ1) is 16.3. The van der Waals surface area contributed by atoms with E-state index in [0.29, 0.717) is 0 Å². The van der Waals surface area contributed by atoms with Crippen molar-refractivity contribution in [1.82, 2.24) is 9.97 Å². The van der Waals surface area contributed by atoms with Crippen LogP contribution in [0.5, 0.6) is 0 Å². The van der Waals surface area contributed by atoms with E-state index >= 15 is 0 Å². The molecule has 184 valence electrons. The van der Waals surface area contributed by atoms with Crippen molar-refractivity contribution in [2.45, 2.75) is 136 Å². The van der Waals surface area contributed by atoms with Gasteiger partial charge in [-0.05, 0) is 36.8 Å². The minimum Gasteiger partial charge on any atom is -0.236 e. The van der Waals surface area contributed by atoms with E-state index in [2.05, 4.69) is 48.1 Å². The maximum atomic E-state index is 4.63. The minimum atomic E-state index is 0.850. The maximum absolute atomic E-state index is 4.63. The van der Waals surface area contributed by atoms with E-state index in [0.717, 1.165) is 17.8 Å². The Morgan fingerprint density at radius 2 is 0.848 bits per heavy atom. The van der Waals surface area contributed by atoms with Gasteiger partial charge in [-0.2, -0.15) is 0 Å². The average molecular weight is 451 g/mol. The summed E-state index contributed by atoms with van der Waals surface area (Å²) in [5.74, 6) is 0.850. The number of benzene rings is 1. The highest BCUT2D eigenvalue weighted by atomic mass is 14.9. The third-order valence-corrected chi connectivity index (χ3v) is 6.81. The number of rotatable bonds is 20. The van der Waals surface area contributed by atoms with E-state index in [1.807, 2.05) is 12.4 Å². The Hall–Kier alpha value is -1.70. The lowest BCUT2D eigenvalue weighted by Crippen LogP contribution is -1.94. The Morgan fingerprint density at radius 1 is 0.455 bits per heavy atom. The van der Waals surface area contributed by atoms with Crippen molar-refractivity contribution >= 4 is 0 Å². The van der Waals surface area contributed by atoms with Crippen molar-refractivity contribution in [3.8, 4) is 11.4 Å². The summed E-state index contributed by atoms with van der Waals surface area (Å²) >= 11 is 0. The Balaban J connectivity index is 1.57. The molecule has 0 aliphatic rings. The molecule has 2 heteroatoms. The van der Waals surface area contributed by atoms with Gasteiger partial charge >= 0.3 is 0 Å². The zero-order chi connectivity index (χ0) is 23.4. The molecule has 0 fully saturated rings. The van der Waals surface area contributed by atoms with E-state index in [-0.39, 0.29) is 0 Å². The molecule has 0 bridgehead atoms. The molecule has 0 atom stereocenters. The Kier molecular flexibility index (Phi) is 15.6. The van der Waals surface area contributed by atoms with Gasteiger partial charge in [0, 0.05) is 18.0 Å². The highest BCUT2D eigenvalue weighted by Gasteiger charge is 2.03. The van der Waals surface area contributed by atoms with Crippen molar-refractivity contribution in [3.05, 3.63) is 47.8 Å². The van der Waals surface area contributed by atoms with Crippen molar-refractivity contribution in [2.24, 2.45) is 0 Å². The number of aromatic nitrogens is 2. The summed E-state index contributed by atoms with van der Waals surface area (Å²) in [7, 11) is 0. The SMILES string of the molecule is CCCCCCCCCCCCCc1ccc(-c2ncc(CCCCCCCC)cn2)cc1. The second-order valence-corrected chi connectivity index (χ2v) is 9.92. The summed E-state index contributed by atoms with van der Waals surface area (Å²) in [5, 5.41) is 0. The van der Waals surface area contributed by atoms with Crippen molar-refractivity contribution in [2.75, 3.05) is 0 Å². The third-order valence-electron chi connectivity index (χ3n) is 6.81. The van der Waals surface area contributed by atoms with E-state index in [1.54, 1.807) is 0 Å². The lowest BCUT2D eigenvalue weighted by molar-refractivity contribution is 0.549. The summed E-state index contributed by atoms with van der Waals surface area (Å²) in [6.45, 7) is 4.56. The van der Waals surface area contributed by atoms with E-state index in [1.165, 1.54) is 127 Å². The fourth-order valence-electron chi connectivity index (χ4n) is 4.56. The van der Waals surface area contributed by atoms with Crippen molar-refractivity contribution in [3.63, 3.8) is 0 Å². The molecule has 0 saturated carbocycles. The predicted octanol–water partition coefficient (Wildman–Crippen LogP) is 9.90. The van der Waals surface area contributed by atoms with Gasteiger partial charge in [-0.3, -0.25) is 0 Å². The Bertz CT molecular complexity index is 690. The molecule has 1 aromatic heterocycles. The van der Waals surface area contributed by atoms with E-state index in [4.69, 9.17) is 0 Å². The Labute approximate surface area is 205 Å². The van der Waals surface area contributed by atoms with Crippen LogP contribution in [0, 0.1) is 0 Å². The molecule has 2 nitrogen and oxygen atoms in total. The first kappa shape index (κ1) is 27.5. The predicted molar refractivity (Wildman–Crippen MR) is 145 cm³/mol. The van der Waals surface area contributed by atoms with Gasteiger partial charge in [-0.1, -0.05) is 134 Å². The maximum Gasteiger partial charge on any atom is 0.159 e. The monoisotopic (exact) mass is 450 g/mol. The lowest BCUT2D eigenvalue weighted by atomic mass is 10.0. The normalized spacial score (nSPS) is 11.2. The molecule has 33 heavy (non-hydrogen) atoms. The third kappa shape index (κ3) is 12.9. The van der Waals surface area contributed by atoms with Crippen molar-refractivity contribution < 1.29 is 0 Å². The highest BCUT2D eigenvalue weighted by molar-refractivity contribution is 5.55. The van der Waals surface area contributed by atoms with Crippen LogP contribution in [-0.4, -0.2) is 9.97 Å². The van der Waals surface area contributed by atoms with Gasteiger partial charge in [0.25, 0.3) is 0 Å². The van der Waals surface area contributed by atoms with Gasteiger partial charge in [0.1, 0.15) is 0 Å². The molecule has 0 spiro atoms. The van der Waals surface area contributed by atoms with Crippen LogP contribution in [0.15, 0.2) is 36.7 Å². The summed E-state index contributed by atoms with van der Waals surface area (Å²) in [4.78, 5) is 9.25. The van der Waals surface area contributed by atoms with Crippen LogP contribution < -0.4 is 0 Å². The molecule has 2 rings (SSSR count). The molecular formula is C31H50N2. The second kappa shape index (κ2) is 18.7. The molecule has 0 aliphatic heterocycles. The van der Waals surface area contributed by atoms with Crippen LogP contribution in [0.4, 0.5) is 0 Å². The quantitative estimate of drug-likeness (QED) is 0.187. The number of hydrogen-bond acceptors (Lipinski definition) is 2. The van der Waals surface area contributed by atoms with Gasteiger partial charge < -0.3 is 0 Å². The molecule has 1 aromatic carbocycles. The summed E-state index contributed by atoms with van der Waals surface area (Å²) in [6.07, 6.45) is 29.8. The van der Waals surface area contributed by atoms with Gasteiger partial charge in [0.15, 0.2) is 5.82 Å². The zero-order valence-corrected chi connectivity index (χ0v) is 21.8. The molecule has 2 aromatic rings. The topological polar surface area (TPSA) is 25.8 Å². The van der Waals surface area contributed by atoms with Gasteiger partial charge in [-0.25, -0.2) is 9.97 Å². The molecule has 0 amide bonds. The summed E-state index contributed by atoms with van der Waals surface area (Å²) in [6, 6.07) is 8.91. The van der Waals surface area contributed by atoms with Crippen LogP contribution >= 0.6 is 0 Å². The van der Waals surface area contributed by atoms with Crippen LogP contribution in [0.25, 0.3) is 11.4 Å². The second-order valence-electron chi connectivity index (χ2n) is 9.92. The first-order valence-electron chi connectivity index (χ1n) is 14.2. The van der Waals surface area contributed by atoms with Gasteiger partial charge in [0.2, 0.25) is 0 Å².